The van der Waals surface area contributed by atoms with Gasteiger partial charge in [-0.05, 0) is 68.9 Å². The molecule has 6 aromatic rings. The first-order valence-electron chi connectivity index (χ1n) is 19.5. The van der Waals surface area contributed by atoms with Crippen LogP contribution >= 0.6 is 0 Å². The summed E-state index contributed by atoms with van der Waals surface area (Å²) in [7, 11) is 0. The van der Waals surface area contributed by atoms with Gasteiger partial charge in [-0.15, -0.1) is 29.1 Å². The summed E-state index contributed by atoms with van der Waals surface area (Å²) in [6.07, 6.45) is 5.91. The van der Waals surface area contributed by atoms with Gasteiger partial charge in [-0.25, -0.2) is 0 Å². The van der Waals surface area contributed by atoms with Crippen molar-refractivity contribution in [2.24, 2.45) is 17.8 Å². The molecule has 0 unspecified atom stereocenters. The molecular formula is C48H58IrNO4-. The molecule has 3 heterocycles. The van der Waals surface area contributed by atoms with Crippen LogP contribution in [0.1, 0.15) is 111 Å². The van der Waals surface area contributed by atoms with E-state index in [1.807, 2.05) is 40.7 Å². The minimum atomic E-state index is -0.0154. The molecular weight excluding hydrogens is 847 g/mol. The number of allylic oxidation sites excluding steroid dienone is 2. The van der Waals surface area contributed by atoms with E-state index in [0.717, 1.165) is 88.1 Å². The molecule has 0 aliphatic carbocycles. The van der Waals surface area contributed by atoms with E-state index >= 15 is 0 Å². The summed E-state index contributed by atoms with van der Waals surface area (Å²) in [6.45, 7) is 23.4. The molecule has 6 rings (SSSR count). The van der Waals surface area contributed by atoms with Crippen LogP contribution in [-0.2, 0) is 36.7 Å². The van der Waals surface area contributed by atoms with E-state index in [9.17, 15) is 9.90 Å². The molecule has 54 heavy (non-hydrogen) atoms. The number of aryl methyl sites for hydroxylation is 2. The van der Waals surface area contributed by atoms with Gasteiger partial charge in [0, 0.05) is 66.3 Å². The summed E-state index contributed by atoms with van der Waals surface area (Å²) < 4.78 is 12.4. The number of nitrogens with zero attached hydrogens (tertiary/aromatic N) is 1. The Balaban J connectivity index is 0.000000347. The second kappa shape index (κ2) is 18.1. The monoisotopic (exact) mass is 905 g/mol. The standard InChI is InChI=1S/C35H34NO2.C13H24O2.Ir/c1-20(2)14-28-22(4)38-33-18-24(12-13-27(28)33)29-19-31(36-32-15-21(3)37-34(29)32)25-16-23-10-8-9-11-26(23)30(17-25)35(5,6)7;1-5-10(6-2)12(14)9-13(15)11(7-3)8-4;/h8-13,15,17-20H,14H2,1-7H3;9-11,14H,5-8H2,1-4H3;/q-1;;/b;12-9-;. The first-order valence-corrected chi connectivity index (χ1v) is 19.5. The predicted octanol–water partition coefficient (Wildman–Crippen LogP) is 13.8. The fraction of sp³-hybridized carbons (Fsp3) is 0.417. The van der Waals surface area contributed by atoms with Gasteiger partial charge >= 0.3 is 0 Å². The molecule has 289 valence electrons. The maximum absolute atomic E-state index is 11.7. The third kappa shape index (κ3) is 9.44. The molecule has 5 nitrogen and oxygen atoms in total. The van der Waals surface area contributed by atoms with E-state index in [2.05, 4.69) is 102 Å². The second-order valence-electron chi connectivity index (χ2n) is 16.0. The van der Waals surface area contributed by atoms with Crippen molar-refractivity contribution >= 4 is 38.6 Å². The number of aliphatic hydroxyl groups excluding tert-OH is 1. The van der Waals surface area contributed by atoms with E-state index in [1.54, 1.807) is 0 Å². The Bertz CT molecular complexity index is 2240. The maximum Gasteiger partial charge on any atom is 0.162 e. The van der Waals surface area contributed by atoms with Crippen molar-refractivity contribution < 1.29 is 38.8 Å². The van der Waals surface area contributed by atoms with Gasteiger partial charge in [0.2, 0.25) is 0 Å². The molecule has 0 fully saturated rings. The van der Waals surface area contributed by atoms with Crippen molar-refractivity contribution in [1.82, 2.24) is 4.98 Å². The number of rotatable bonds is 11. The number of furan rings is 2. The van der Waals surface area contributed by atoms with Crippen LogP contribution in [0.3, 0.4) is 0 Å². The van der Waals surface area contributed by atoms with Gasteiger partial charge in [0.1, 0.15) is 22.6 Å². The van der Waals surface area contributed by atoms with E-state index in [4.69, 9.17) is 13.8 Å². The molecule has 0 amide bonds. The van der Waals surface area contributed by atoms with Crippen molar-refractivity contribution in [1.29, 1.82) is 0 Å². The summed E-state index contributed by atoms with van der Waals surface area (Å²) >= 11 is 0. The topological polar surface area (TPSA) is 76.5 Å². The van der Waals surface area contributed by atoms with Crippen LogP contribution in [0.25, 0.3) is 55.2 Å². The minimum Gasteiger partial charge on any atom is -0.512 e. The molecule has 0 saturated carbocycles. The fourth-order valence-corrected chi connectivity index (χ4v) is 7.36. The number of hydrogen-bond acceptors (Lipinski definition) is 5. The Labute approximate surface area is 336 Å². The normalized spacial score (nSPS) is 12.2. The molecule has 3 aromatic heterocycles. The number of carbonyl (C=O) groups excluding carboxylic acids is 1. The summed E-state index contributed by atoms with van der Waals surface area (Å²) in [6, 6.07) is 25.1. The number of aliphatic hydroxyl groups is 1. The molecule has 0 aliphatic heterocycles. The van der Waals surface area contributed by atoms with Crippen LogP contribution in [-0.4, -0.2) is 15.9 Å². The van der Waals surface area contributed by atoms with Crippen LogP contribution < -0.4 is 0 Å². The van der Waals surface area contributed by atoms with Gasteiger partial charge in [-0.2, -0.15) is 0 Å². The van der Waals surface area contributed by atoms with E-state index in [-0.39, 0.29) is 48.9 Å². The van der Waals surface area contributed by atoms with Crippen LogP contribution in [0.2, 0.25) is 0 Å². The number of ketones is 1. The summed E-state index contributed by atoms with van der Waals surface area (Å²) in [4.78, 5) is 16.8. The molecule has 6 heteroatoms. The van der Waals surface area contributed by atoms with Gasteiger partial charge in [0.15, 0.2) is 11.4 Å². The Kier molecular flexibility index (Phi) is 14.3. The Morgan fingerprint density at radius 2 is 1.54 bits per heavy atom. The number of fused-ring (bicyclic) bond motifs is 3. The van der Waals surface area contributed by atoms with Crippen molar-refractivity contribution in [3.8, 4) is 22.4 Å². The summed E-state index contributed by atoms with van der Waals surface area (Å²) in [5.41, 5.74) is 9.09. The van der Waals surface area contributed by atoms with Crippen molar-refractivity contribution in [2.45, 2.75) is 114 Å². The molecule has 3 aromatic carbocycles. The fourth-order valence-electron chi connectivity index (χ4n) is 7.36. The third-order valence-electron chi connectivity index (χ3n) is 10.5. The van der Waals surface area contributed by atoms with Gasteiger partial charge in [-0.3, -0.25) is 9.78 Å². The Morgan fingerprint density at radius 1 is 0.870 bits per heavy atom. The van der Waals surface area contributed by atoms with Gasteiger partial charge in [-0.1, -0.05) is 110 Å². The molecule has 0 spiro atoms. The zero-order valence-corrected chi connectivity index (χ0v) is 36.5. The van der Waals surface area contributed by atoms with Crippen molar-refractivity contribution in [3.05, 3.63) is 101 Å². The van der Waals surface area contributed by atoms with E-state index in [1.165, 1.54) is 28.0 Å². The quantitative estimate of drug-likeness (QED) is 0.0796. The van der Waals surface area contributed by atoms with Crippen molar-refractivity contribution in [2.75, 3.05) is 0 Å². The molecule has 0 atom stereocenters. The Morgan fingerprint density at radius 3 is 2.17 bits per heavy atom. The molecule has 1 N–H and O–H groups in total. The van der Waals surface area contributed by atoms with E-state index in [0.29, 0.717) is 5.92 Å². The number of pyridine rings is 1. The largest absolute Gasteiger partial charge is 0.512 e. The first kappa shape index (κ1) is 42.7. The molecule has 0 saturated heterocycles. The van der Waals surface area contributed by atoms with Crippen LogP contribution in [0.4, 0.5) is 0 Å². The minimum absolute atomic E-state index is 0. The summed E-state index contributed by atoms with van der Waals surface area (Å²) in [5.74, 6) is 2.96. The van der Waals surface area contributed by atoms with Crippen LogP contribution in [0.5, 0.6) is 0 Å². The molecule has 0 aliphatic rings. The van der Waals surface area contributed by atoms with Gasteiger partial charge < -0.3 is 13.9 Å². The number of aromatic nitrogens is 1. The SMILES string of the molecule is CCC(CC)C(=O)/C=C(\O)C(CC)CC.Cc1cc2nc(-c3[c-]c4ccccc4c(C(C)(C)C)c3)cc(-c3ccc4c(CC(C)C)c(C)oc4c3)c2o1.[Ir]. The second-order valence-corrected chi connectivity index (χ2v) is 16.0. The van der Waals surface area contributed by atoms with E-state index < -0.39 is 0 Å². The van der Waals surface area contributed by atoms with Crippen molar-refractivity contribution in [3.63, 3.8) is 0 Å². The molecule has 0 bridgehead atoms. The average Bonchev–Trinajstić information content (AvgIpc) is 3.65. The third-order valence-corrected chi connectivity index (χ3v) is 10.5. The summed E-state index contributed by atoms with van der Waals surface area (Å²) in [5, 5.41) is 13.3. The number of carbonyl (C=O) groups is 1. The number of benzene rings is 3. The van der Waals surface area contributed by atoms with Crippen LogP contribution in [0.15, 0.2) is 81.3 Å². The van der Waals surface area contributed by atoms with Crippen LogP contribution in [0, 0.1) is 37.7 Å². The molecule has 1 radical (unpaired) electrons. The van der Waals surface area contributed by atoms with Gasteiger partial charge in [0.25, 0.3) is 0 Å². The zero-order valence-electron chi connectivity index (χ0n) is 34.1. The number of hydrogen-bond donors (Lipinski definition) is 1. The first-order chi connectivity index (χ1) is 25.2. The Hall–Kier alpha value is -3.99. The smallest absolute Gasteiger partial charge is 0.162 e. The predicted molar refractivity (Wildman–Crippen MR) is 222 cm³/mol. The zero-order chi connectivity index (χ0) is 38.6. The maximum atomic E-state index is 11.7. The average molecular weight is 905 g/mol. The van der Waals surface area contributed by atoms with Gasteiger partial charge in [0.05, 0.1) is 5.76 Å².